The molecule has 0 spiro atoms. The van der Waals surface area contributed by atoms with E-state index in [1.165, 1.54) is 12.1 Å². The lowest BCUT2D eigenvalue weighted by molar-refractivity contribution is 0.0578. The predicted molar refractivity (Wildman–Crippen MR) is 112 cm³/mol. The number of hydrogen-bond acceptors (Lipinski definition) is 3. The van der Waals surface area contributed by atoms with Crippen molar-refractivity contribution < 1.29 is 13.6 Å². The third kappa shape index (κ3) is 5.13. The zero-order valence-electron chi connectivity index (χ0n) is 15.8. The molecule has 1 heterocycles. The van der Waals surface area contributed by atoms with Crippen LogP contribution in [-0.2, 0) is 0 Å². The van der Waals surface area contributed by atoms with Crippen LogP contribution in [0, 0.1) is 18.6 Å². The highest BCUT2D eigenvalue weighted by Gasteiger charge is 2.27. The summed E-state index contributed by atoms with van der Waals surface area (Å²) in [6, 6.07) is 8.83. The molecule has 2 aromatic rings. The number of aryl methyl sites for hydroxylation is 1. The number of piperazine rings is 1. The topological polar surface area (TPSA) is 49.6 Å². The van der Waals surface area contributed by atoms with Gasteiger partial charge in [0.25, 0.3) is 5.91 Å². The Bertz CT molecular complexity index is 827. The van der Waals surface area contributed by atoms with Crippen LogP contribution in [0.2, 0.25) is 0 Å². The zero-order chi connectivity index (χ0) is 18.8. The largest absolute Gasteiger partial charge is 0.399 e. The summed E-state index contributed by atoms with van der Waals surface area (Å²) in [5.41, 5.74) is 8.36. The molecule has 1 aliphatic rings. The molecule has 0 aliphatic carbocycles. The summed E-state index contributed by atoms with van der Waals surface area (Å²) in [5.74, 6) is -1.15. The summed E-state index contributed by atoms with van der Waals surface area (Å²) >= 11 is 0. The molecule has 4 nitrogen and oxygen atoms in total. The summed E-state index contributed by atoms with van der Waals surface area (Å²) in [6.07, 6.45) is 0. The van der Waals surface area contributed by atoms with Crippen molar-refractivity contribution in [2.75, 3.05) is 31.9 Å². The molecular formula is C20H25Cl2F2N3O. The molecule has 154 valence electrons. The smallest absolute Gasteiger partial charge is 0.254 e. The number of benzene rings is 2. The molecule has 0 saturated carbocycles. The monoisotopic (exact) mass is 431 g/mol. The third-order valence-corrected chi connectivity index (χ3v) is 5.05. The number of anilines is 1. The minimum atomic E-state index is -0.577. The molecule has 3 rings (SSSR count). The minimum Gasteiger partial charge on any atom is -0.399 e. The standard InChI is InChI=1S/C20H23F2N3O.2ClH/c1-13-3-5-16(23)12-18(13)20(26)25-9-7-24(8-10-25)14(2)17-6-4-15(21)11-19(17)22;;/h3-6,11-12,14H,7-10,23H2,1-2H3;2*1H. The van der Waals surface area contributed by atoms with Crippen molar-refractivity contribution in [3.63, 3.8) is 0 Å². The van der Waals surface area contributed by atoms with Crippen LogP contribution in [0.1, 0.15) is 34.5 Å². The molecule has 1 amide bonds. The molecule has 1 atom stereocenters. The van der Waals surface area contributed by atoms with Crippen molar-refractivity contribution in [2.45, 2.75) is 19.9 Å². The first-order chi connectivity index (χ1) is 12.4. The van der Waals surface area contributed by atoms with Gasteiger partial charge in [-0.1, -0.05) is 12.1 Å². The van der Waals surface area contributed by atoms with Crippen molar-refractivity contribution in [3.05, 3.63) is 64.7 Å². The predicted octanol–water partition coefficient (Wildman–Crippen LogP) is 4.22. The lowest BCUT2D eigenvalue weighted by atomic mass is 10.0. The Hall–Kier alpha value is -1.89. The SMILES string of the molecule is Cc1ccc(N)cc1C(=O)N1CCN(C(C)c2ccc(F)cc2F)CC1.Cl.Cl. The summed E-state index contributed by atoms with van der Waals surface area (Å²) in [7, 11) is 0. The van der Waals surface area contributed by atoms with Crippen LogP contribution in [0.3, 0.4) is 0 Å². The number of hydrogen-bond donors (Lipinski definition) is 1. The first-order valence-corrected chi connectivity index (χ1v) is 8.71. The van der Waals surface area contributed by atoms with Crippen molar-refractivity contribution in [1.82, 2.24) is 9.80 Å². The van der Waals surface area contributed by atoms with Crippen molar-refractivity contribution >= 4 is 36.4 Å². The van der Waals surface area contributed by atoms with Crippen LogP contribution < -0.4 is 5.73 Å². The maximum atomic E-state index is 14.0. The van der Waals surface area contributed by atoms with E-state index in [1.807, 2.05) is 19.9 Å². The normalized spacial score (nSPS) is 15.4. The number of carbonyl (C=O) groups is 1. The molecule has 8 heteroatoms. The maximum Gasteiger partial charge on any atom is 0.254 e. The van der Waals surface area contributed by atoms with Crippen LogP contribution in [0.25, 0.3) is 0 Å². The number of amides is 1. The minimum absolute atomic E-state index is 0. The molecule has 28 heavy (non-hydrogen) atoms. The Morgan fingerprint density at radius 1 is 1.04 bits per heavy atom. The Morgan fingerprint density at radius 3 is 2.29 bits per heavy atom. The number of nitrogens with zero attached hydrogens (tertiary/aromatic N) is 2. The second-order valence-electron chi connectivity index (χ2n) is 6.74. The highest BCUT2D eigenvalue weighted by molar-refractivity contribution is 5.96. The Balaban J connectivity index is 0.00000196. The van der Waals surface area contributed by atoms with Gasteiger partial charge >= 0.3 is 0 Å². The Labute approximate surface area is 176 Å². The summed E-state index contributed by atoms with van der Waals surface area (Å²) in [5, 5.41) is 0. The number of nitrogens with two attached hydrogens (primary N) is 1. The average molecular weight is 432 g/mol. The second-order valence-corrected chi connectivity index (χ2v) is 6.74. The molecule has 1 saturated heterocycles. The van der Waals surface area contributed by atoms with E-state index in [1.54, 1.807) is 17.0 Å². The van der Waals surface area contributed by atoms with Crippen molar-refractivity contribution in [1.29, 1.82) is 0 Å². The quantitative estimate of drug-likeness (QED) is 0.740. The summed E-state index contributed by atoms with van der Waals surface area (Å²) in [4.78, 5) is 16.7. The number of halogens is 4. The van der Waals surface area contributed by atoms with Gasteiger partial charge in [-0.15, -0.1) is 24.8 Å². The molecule has 0 aromatic heterocycles. The van der Waals surface area contributed by atoms with E-state index in [4.69, 9.17) is 5.73 Å². The zero-order valence-corrected chi connectivity index (χ0v) is 17.5. The maximum absolute atomic E-state index is 14.0. The molecule has 2 aromatic carbocycles. The Morgan fingerprint density at radius 2 is 1.68 bits per heavy atom. The van der Waals surface area contributed by atoms with Gasteiger partial charge in [-0.2, -0.15) is 0 Å². The van der Waals surface area contributed by atoms with E-state index >= 15 is 0 Å². The summed E-state index contributed by atoms with van der Waals surface area (Å²) < 4.78 is 27.1. The highest BCUT2D eigenvalue weighted by atomic mass is 35.5. The van der Waals surface area contributed by atoms with Gasteiger partial charge < -0.3 is 10.6 Å². The van der Waals surface area contributed by atoms with E-state index < -0.39 is 11.6 Å². The number of nitrogen functional groups attached to an aromatic ring is 1. The van der Waals surface area contributed by atoms with E-state index in [-0.39, 0.29) is 36.8 Å². The van der Waals surface area contributed by atoms with E-state index in [9.17, 15) is 13.6 Å². The fourth-order valence-electron chi connectivity index (χ4n) is 3.39. The van der Waals surface area contributed by atoms with Gasteiger partial charge in [0.05, 0.1) is 0 Å². The molecule has 1 aliphatic heterocycles. The molecule has 0 radical (unpaired) electrons. The molecule has 1 fully saturated rings. The first-order valence-electron chi connectivity index (χ1n) is 8.71. The highest BCUT2D eigenvalue weighted by Crippen LogP contribution is 2.25. The fourth-order valence-corrected chi connectivity index (χ4v) is 3.39. The molecule has 2 N–H and O–H groups in total. The van der Waals surface area contributed by atoms with E-state index in [2.05, 4.69) is 4.90 Å². The molecule has 1 unspecified atom stereocenters. The van der Waals surface area contributed by atoms with Gasteiger partial charge in [0.1, 0.15) is 11.6 Å². The lowest BCUT2D eigenvalue weighted by Gasteiger charge is -2.38. The number of rotatable bonds is 3. The van der Waals surface area contributed by atoms with Crippen molar-refractivity contribution in [2.24, 2.45) is 0 Å². The van der Waals surface area contributed by atoms with E-state index in [0.717, 1.165) is 11.6 Å². The molecule has 0 bridgehead atoms. The van der Waals surface area contributed by atoms with Gasteiger partial charge in [-0.25, -0.2) is 8.78 Å². The first kappa shape index (κ1) is 24.1. The Kier molecular flexibility index (Phi) is 8.67. The van der Waals surface area contributed by atoms with Crippen molar-refractivity contribution in [3.8, 4) is 0 Å². The fraction of sp³-hybridized carbons (Fsp3) is 0.350. The van der Waals surface area contributed by atoms with Gasteiger partial charge in [-0.05, 0) is 37.6 Å². The van der Waals surface area contributed by atoms with Gasteiger partial charge in [-0.3, -0.25) is 9.69 Å². The van der Waals surface area contributed by atoms with Crippen LogP contribution in [0.4, 0.5) is 14.5 Å². The van der Waals surface area contributed by atoms with Crippen LogP contribution >= 0.6 is 24.8 Å². The van der Waals surface area contributed by atoms with E-state index in [0.29, 0.717) is 43.0 Å². The van der Waals surface area contributed by atoms with Gasteiger partial charge in [0, 0.05) is 55.1 Å². The summed E-state index contributed by atoms with van der Waals surface area (Å²) in [6.45, 7) is 6.16. The van der Waals surface area contributed by atoms with Crippen LogP contribution in [0.15, 0.2) is 36.4 Å². The van der Waals surface area contributed by atoms with Crippen LogP contribution in [-0.4, -0.2) is 41.9 Å². The third-order valence-electron chi connectivity index (χ3n) is 5.05. The van der Waals surface area contributed by atoms with Gasteiger partial charge in [0.2, 0.25) is 0 Å². The lowest BCUT2D eigenvalue weighted by Crippen LogP contribution is -2.49. The molecular weight excluding hydrogens is 407 g/mol. The number of carbonyl (C=O) groups excluding carboxylic acids is 1. The van der Waals surface area contributed by atoms with Crippen LogP contribution in [0.5, 0.6) is 0 Å². The second kappa shape index (κ2) is 10.0. The van der Waals surface area contributed by atoms with Gasteiger partial charge in [0.15, 0.2) is 0 Å². The average Bonchev–Trinajstić information content (AvgIpc) is 2.63.